The summed E-state index contributed by atoms with van der Waals surface area (Å²) in [4.78, 5) is 0. The Morgan fingerprint density at radius 1 is 1.28 bits per heavy atom. The maximum Gasteiger partial charge on any atom is 0.0922 e. The van der Waals surface area contributed by atoms with E-state index in [0.717, 1.165) is 28.4 Å². The van der Waals surface area contributed by atoms with Crippen molar-refractivity contribution in [1.82, 2.24) is 0 Å². The van der Waals surface area contributed by atoms with Gasteiger partial charge in [-0.1, -0.05) is 58.9 Å². The summed E-state index contributed by atoms with van der Waals surface area (Å²) >= 11 is 9.56. The third kappa shape index (κ3) is 4.25. The zero-order chi connectivity index (χ0) is 12.8. The molecular weight excluding hydrogens is 312 g/mol. The van der Waals surface area contributed by atoms with Gasteiger partial charge in [0.2, 0.25) is 0 Å². The quantitative estimate of drug-likeness (QED) is 0.659. The van der Waals surface area contributed by atoms with E-state index in [4.69, 9.17) is 16.3 Å². The van der Waals surface area contributed by atoms with Crippen LogP contribution in [0.2, 0.25) is 5.02 Å². The standard InChI is InChI=1S/C15H20BrClO/c16-10-15(13-7-4-8-14(17)9-13)18-11-12-5-2-1-3-6-12/h4,7-9,12,15H,1-3,5-6,10-11H2. The first-order chi connectivity index (χ1) is 8.79. The molecule has 1 aliphatic rings. The van der Waals surface area contributed by atoms with E-state index < -0.39 is 0 Å². The van der Waals surface area contributed by atoms with Crippen molar-refractivity contribution in [2.24, 2.45) is 5.92 Å². The second-order valence-electron chi connectivity index (χ2n) is 5.04. The van der Waals surface area contributed by atoms with Gasteiger partial charge in [0.25, 0.3) is 0 Å². The summed E-state index contributed by atoms with van der Waals surface area (Å²) in [7, 11) is 0. The van der Waals surface area contributed by atoms with E-state index in [0.29, 0.717) is 0 Å². The Hall–Kier alpha value is -0.0500. The highest BCUT2D eigenvalue weighted by molar-refractivity contribution is 9.09. The molecule has 18 heavy (non-hydrogen) atoms. The molecule has 1 unspecified atom stereocenters. The monoisotopic (exact) mass is 330 g/mol. The van der Waals surface area contributed by atoms with Crippen LogP contribution in [0.3, 0.4) is 0 Å². The van der Waals surface area contributed by atoms with Crippen molar-refractivity contribution in [3.05, 3.63) is 34.9 Å². The van der Waals surface area contributed by atoms with Crippen LogP contribution < -0.4 is 0 Å². The second kappa shape index (κ2) is 7.52. The molecule has 0 aliphatic heterocycles. The number of ether oxygens (including phenoxy) is 1. The molecule has 1 aliphatic carbocycles. The van der Waals surface area contributed by atoms with Gasteiger partial charge >= 0.3 is 0 Å². The first kappa shape index (κ1) is 14.4. The van der Waals surface area contributed by atoms with Crippen LogP contribution in [-0.4, -0.2) is 11.9 Å². The highest BCUT2D eigenvalue weighted by Crippen LogP contribution is 2.28. The van der Waals surface area contributed by atoms with Crippen LogP contribution in [0, 0.1) is 5.92 Å². The summed E-state index contributed by atoms with van der Waals surface area (Å²) in [6, 6.07) is 7.96. The van der Waals surface area contributed by atoms with Crippen LogP contribution in [0.15, 0.2) is 24.3 Å². The van der Waals surface area contributed by atoms with E-state index in [1.807, 2.05) is 18.2 Å². The van der Waals surface area contributed by atoms with Crippen LogP contribution >= 0.6 is 27.5 Å². The van der Waals surface area contributed by atoms with Gasteiger partial charge in [-0.2, -0.15) is 0 Å². The minimum Gasteiger partial charge on any atom is -0.372 e. The molecule has 3 heteroatoms. The molecule has 1 atom stereocenters. The molecule has 0 bridgehead atoms. The van der Waals surface area contributed by atoms with Crippen molar-refractivity contribution in [2.75, 3.05) is 11.9 Å². The first-order valence-electron chi connectivity index (χ1n) is 6.72. The number of rotatable bonds is 5. The van der Waals surface area contributed by atoms with Crippen molar-refractivity contribution in [1.29, 1.82) is 0 Å². The maximum atomic E-state index is 6.07. The van der Waals surface area contributed by atoms with E-state index in [2.05, 4.69) is 22.0 Å². The Kier molecular flexibility index (Phi) is 6.00. The molecule has 0 radical (unpaired) electrons. The zero-order valence-corrected chi connectivity index (χ0v) is 12.9. The van der Waals surface area contributed by atoms with E-state index >= 15 is 0 Å². The minimum atomic E-state index is 0.116. The van der Waals surface area contributed by atoms with Crippen molar-refractivity contribution in [3.63, 3.8) is 0 Å². The number of hydrogen-bond acceptors (Lipinski definition) is 1. The topological polar surface area (TPSA) is 9.23 Å². The van der Waals surface area contributed by atoms with Crippen molar-refractivity contribution < 1.29 is 4.74 Å². The van der Waals surface area contributed by atoms with E-state index in [9.17, 15) is 0 Å². The molecule has 0 heterocycles. The van der Waals surface area contributed by atoms with Gasteiger partial charge in [0, 0.05) is 10.4 Å². The Morgan fingerprint density at radius 3 is 2.72 bits per heavy atom. The van der Waals surface area contributed by atoms with Crippen LogP contribution in [-0.2, 0) is 4.74 Å². The highest BCUT2D eigenvalue weighted by Gasteiger charge is 2.17. The molecule has 0 amide bonds. The third-order valence-electron chi connectivity index (χ3n) is 3.62. The number of hydrogen-bond donors (Lipinski definition) is 0. The molecule has 1 saturated carbocycles. The van der Waals surface area contributed by atoms with Crippen molar-refractivity contribution in [3.8, 4) is 0 Å². The van der Waals surface area contributed by atoms with Gasteiger partial charge in [0.15, 0.2) is 0 Å². The minimum absolute atomic E-state index is 0.116. The predicted molar refractivity (Wildman–Crippen MR) is 80.5 cm³/mol. The smallest absolute Gasteiger partial charge is 0.0922 e. The second-order valence-corrected chi connectivity index (χ2v) is 6.12. The third-order valence-corrected chi connectivity index (χ3v) is 4.44. The Morgan fingerprint density at radius 2 is 2.06 bits per heavy atom. The molecule has 1 fully saturated rings. The maximum absolute atomic E-state index is 6.07. The van der Waals surface area contributed by atoms with Gasteiger partial charge < -0.3 is 4.74 Å². The molecule has 100 valence electrons. The van der Waals surface area contributed by atoms with Crippen molar-refractivity contribution >= 4 is 27.5 Å². The van der Waals surface area contributed by atoms with Crippen LogP contribution in [0.1, 0.15) is 43.8 Å². The summed E-state index contributed by atoms with van der Waals surface area (Å²) in [5.74, 6) is 0.750. The number of alkyl halides is 1. The summed E-state index contributed by atoms with van der Waals surface area (Å²) < 4.78 is 6.07. The largest absolute Gasteiger partial charge is 0.372 e. The Balaban J connectivity index is 1.88. The van der Waals surface area contributed by atoms with Crippen LogP contribution in [0.25, 0.3) is 0 Å². The fourth-order valence-electron chi connectivity index (χ4n) is 2.54. The van der Waals surface area contributed by atoms with E-state index in [1.165, 1.54) is 32.1 Å². The van der Waals surface area contributed by atoms with Gasteiger partial charge in [-0.25, -0.2) is 0 Å². The summed E-state index contributed by atoms with van der Waals surface area (Å²) in [6.45, 7) is 0.878. The summed E-state index contributed by atoms with van der Waals surface area (Å²) in [5, 5.41) is 1.60. The fraction of sp³-hybridized carbons (Fsp3) is 0.600. The molecule has 1 aromatic carbocycles. The molecule has 2 rings (SSSR count). The molecular formula is C15H20BrClO. The summed E-state index contributed by atoms with van der Waals surface area (Å²) in [5.41, 5.74) is 1.16. The molecule has 1 aromatic rings. The molecule has 0 aromatic heterocycles. The zero-order valence-electron chi connectivity index (χ0n) is 10.6. The number of benzene rings is 1. The van der Waals surface area contributed by atoms with Gasteiger partial charge in [0.1, 0.15) is 0 Å². The lowest BCUT2D eigenvalue weighted by Crippen LogP contribution is -2.16. The lowest BCUT2D eigenvalue weighted by Gasteiger charge is -2.24. The van der Waals surface area contributed by atoms with Crippen LogP contribution in [0.5, 0.6) is 0 Å². The molecule has 0 saturated heterocycles. The Bertz CT molecular complexity index is 363. The summed E-state index contributed by atoms with van der Waals surface area (Å²) in [6.07, 6.45) is 6.89. The molecule has 0 spiro atoms. The van der Waals surface area contributed by atoms with Gasteiger partial charge in [-0.05, 0) is 36.5 Å². The van der Waals surface area contributed by atoms with Crippen molar-refractivity contribution in [2.45, 2.75) is 38.2 Å². The fourth-order valence-corrected chi connectivity index (χ4v) is 3.30. The highest BCUT2D eigenvalue weighted by atomic mass is 79.9. The average molecular weight is 332 g/mol. The SMILES string of the molecule is Clc1cccc(C(CBr)OCC2CCCCC2)c1. The average Bonchev–Trinajstić information content (AvgIpc) is 2.41. The normalized spacial score (nSPS) is 18.8. The van der Waals surface area contributed by atoms with Crippen LogP contribution in [0.4, 0.5) is 0 Å². The number of halogens is 2. The van der Waals surface area contributed by atoms with Gasteiger partial charge in [-0.3, -0.25) is 0 Å². The molecule has 0 N–H and O–H groups in total. The molecule has 1 nitrogen and oxygen atoms in total. The lowest BCUT2D eigenvalue weighted by molar-refractivity contribution is 0.0336. The van der Waals surface area contributed by atoms with Gasteiger partial charge in [-0.15, -0.1) is 0 Å². The first-order valence-corrected chi connectivity index (χ1v) is 8.22. The van der Waals surface area contributed by atoms with Gasteiger partial charge in [0.05, 0.1) is 12.7 Å². The lowest BCUT2D eigenvalue weighted by atomic mass is 9.90. The Labute approximate surface area is 123 Å². The predicted octanol–water partition coefficient (Wildman–Crippen LogP) is 5.37. The van der Waals surface area contributed by atoms with E-state index in [1.54, 1.807) is 0 Å². The van der Waals surface area contributed by atoms with E-state index in [-0.39, 0.29) is 6.10 Å².